The van der Waals surface area contributed by atoms with Gasteiger partial charge in [0.05, 0.1) is 12.4 Å². The van der Waals surface area contributed by atoms with E-state index in [4.69, 9.17) is 5.73 Å². The Morgan fingerprint density at radius 1 is 0.585 bits per heavy atom. The molecule has 14 nitrogen and oxygen atoms in total. The van der Waals surface area contributed by atoms with Gasteiger partial charge in [-0.1, -0.05) is 54.6 Å². The number of H-pyrrole nitrogens is 4. The maximum Gasteiger partial charge on any atom is 0.326 e. The Hall–Kier alpha value is -6.67. The van der Waals surface area contributed by atoms with Gasteiger partial charge in [-0.15, -0.1) is 0 Å². The van der Waals surface area contributed by atoms with Crippen LogP contribution in [-0.2, 0) is 44.9 Å². The molecule has 0 bridgehead atoms. The molecular weight excluding hydrogens is 674 g/mol. The van der Waals surface area contributed by atoms with Crippen molar-refractivity contribution in [1.29, 1.82) is 0 Å². The summed E-state index contributed by atoms with van der Waals surface area (Å²) in [6.45, 7) is 0. The fraction of sp³-hybridized carbons (Fsp3) is 0.205. The minimum atomic E-state index is -1.31. The lowest BCUT2D eigenvalue weighted by atomic mass is 10.00. The third-order valence-corrected chi connectivity index (χ3v) is 9.51. The Morgan fingerprint density at radius 2 is 1.02 bits per heavy atom. The van der Waals surface area contributed by atoms with Crippen LogP contribution in [0.25, 0.3) is 32.7 Å². The molecule has 0 aliphatic rings. The van der Waals surface area contributed by atoms with E-state index in [9.17, 15) is 24.3 Å². The number of benzene rings is 3. The van der Waals surface area contributed by atoms with Crippen molar-refractivity contribution in [3.63, 3.8) is 0 Å². The fourth-order valence-electron chi connectivity index (χ4n) is 6.73. The quantitative estimate of drug-likeness (QED) is 0.0771. The van der Waals surface area contributed by atoms with Crippen LogP contribution >= 0.6 is 0 Å². The van der Waals surface area contributed by atoms with Gasteiger partial charge in [-0.3, -0.25) is 14.4 Å². The molecule has 7 rings (SSSR count). The van der Waals surface area contributed by atoms with Gasteiger partial charge in [0.15, 0.2) is 0 Å². The van der Waals surface area contributed by atoms with E-state index in [0.717, 1.165) is 49.4 Å². The molecule has 7 aromatic rings. The normalized spacial score (nSPS) is 13.8. The highest BCUT2D eigenvalue weighted by Crippen LogP contribution is 2.22. The summed E-state index contributed by atoms with van der Waals surface area (Å²) in [5.41, 5.74) is 11.9. The van der Waals surface area contributed by atoms with Crippen LogP contribution in [0.3, 0.4) is 0 Å². The first-order valence-electron chi connectivity index (χ1n) is 17.2. The molecule has 0 aliphatic heterocycles. The van der Waals surface area contributed by atoms with Crippen molar-refractivity contribution in [2.45, 2.75) is 49.9 Å². The number of carbonyl (C=O) groups is 4. The summed E-state index contributed by atoms with van der Waals surface area (Å²) in [5, 5.41) is 21.0. The number of nitrogens with zero attached hydrogens (tertiary/aromatic N) is 1. The number of imidazole rings is 1. The Bertz CT molecular complexity index is 2390. The van der Waals surface area contributed by atoms with E-state index in [0.29, 0.717) is 5.69 Å². The molecule has 270 valence electrons. The van der Waals surface area contributed by atoms with Crippen LogP contribution < -0.4 is 21.7 Å². The molecule has 0 fully saturated rings. The Kier molecular flexibility index (Phi) is 10.0. The number of carbonyl (C=O) groups excluding carboxylic acids is 3. The second-order valence-corrected chi connectivity index (χ2v) is 13.1. The van der Waals surface area contributed by atoms with Crippen molar-refractivity contribution in [2.24, 2.45) is 5.73 Å². The number of carboxylic acids is 1. The van der Waals surface area contributed by atoms with Gasteiger partial charge in [0.25, 0.3) is 0 Å². The molecule has 0 saturated heterocycles. The number of hydrogen-bond acceptors (Lipinski definition) is 6. The Balaban J connectivity index is 1.16. The zero-order valence-electron chi connectivity index (χ0n) is 28.6. The molecule has 53 heavy (non-hydrogen) atoms. The monoisotopic (exact) mass is 713 g/mol. The average molecular weight is 714 g/mol. The summed E-state index contributed by atoms with van der Waals surface area (Å²) in [4.78, 5) is 70.7. The van der Waals surface area contributed by atoms with E-state index in [2.05, 4.69) is 40.9 Å². The number of para-hydroxylation sites is 3. The fourth-order valence-corrected chi connectivity index (χ4v) is 6.73. The zero-order valence-corrected chi connectivity index (χ0v) is 28.6. The number of fused-ring (bicyclic) bond motifs is 3. The van der Waals surface area contributed by atoms with E-state index in [1.165, 1.54) is 12.5 Å². The van der Waals surface area contributed by atoms with E-state index in [1.54, 1.807) is 12.4 Å². The summed E-state index contributed by atoms with van der Waals surface area (Å²) < 4.78 is 0. The number of aromatic amines is 4. The van der Waals surface area contributed by atoms with Crippen LogP contribution in [0, 0.1) is 0 Å². The molecule has 3 aromatic carbocycles. The van der Waals surface area contributed by atoms with Crippen LogP contribution in [0.15, 0.2) is 104 Å². The smallest absolute Gasteiger partial charge is 0.326 e. The van der Waals surface area contributed by atoms with Crippen LogP contribution in [-0.4, -0.2) is 77.9 Å². The number of carboxylic acid groups (broad SMARTS) is 1. The lowest BCUT2D eigenvalue weighted by Crippen LogP contribution is -2.58. The standard InChI is InChI=1S/C39H39N9O5/c40-29(13-22-17-42-30-10-4-1-7-26(22)30)36(49)46-33(14-23-18-43-31-11-5-2-8-27(23)31)37(50)47-34(15-24-19-44-32-12-6-3-9-28(24)32)38(51)48-35(39(52)53)16-25-20-41-21-45-25/h1-12,17-21,29,33-35,42-44H,13-16,40H2,(H,41,45)(H,46,49)(H,47,50)(H,48,51)(H,52,53). The van der Waals surface area contributed by atoms with Gasteiger partial charge >= 0.3 is 5.97 Å². The van der Waals surface area contributed by atoms with Gasteiger partial charge in [0.1, 0.15) is 18.1 Å². The van der Waals surface area contributed by atoms with Crippen molar-refractivity contribution < 1.29 is 24.3 Å². The Morgan fingerprint density at radius 3 is 1.47 bits per heavy atom. The number of rotatable bonds is 15. The first-order valence-corrected chi connectivity index (χ1v) is 17.2. The number of nitrogens with one attached hydrogen (secondary N) is 7. The van der Waals surface area contributed by atoms with Crippen LogP contribution in [0.4, 0.5) is 0 Å². The maximum atomic E-state index is 14.3. The van der Waals surface area contributed by atoms with Crippen molar-refractivity contribution in [3.05, 3.63) is 126 Å². The maximum absolute atomic E-state index is 14.3. The predicted octanol–water partition coefficient (Wildman–Crippen LogP) is 2.99. The molecule has 0 radical (unpaired) electrons. The molecule has 0 spiro atoms. The molecule has 4 atom stereocenters. The number of amides is 3. The summed E-state index contributed by atoms with van der Waals surface area (Å²) in [7, 11) is 0. The Labute approximate surface area is 303 Å². The van der Waals surface area contributed by atoms with E-state index < -0.39 is 47.9 Å². The van der Waals surface area contributed by atoms with E-state index in [1.807, 2.05) is 79.0 Å². The molecule has 14 heteroatoms. The SMILES string of the molecule is NC(Cc1c[nH]c2ccccc12)C(=O)NC(Cc1c[nH]c2ccccc12)C(=O)NC(Cc1c[nH]c2ccccc12)C(=O)NC(Cc1cnc[nH]1)C(=O)O. The van der Waals surface area contributed by atoms with Crippen molar-refractivity contribution in [3.8, 4) is 0 Å². The number of hydrogen-bond donors (Lipinski definition) is 9. The average Bonchev–Trinajstić information content (AvgIpc) is 3.99. The summed E-state index contributed by atoms with van der Waals surface area (Å²) in [5.74, 6) is -3.13. The lowest BCUT2D eigenvalue weighted by molar-refractivity contribution is -0.142. The van der Waals surface area contributed by atoms with Gasteiger partial charge in [-0.05, 0) is 41.3 Å². The number of nitrogens with two attached hydrogens (primary N) is 1. The van der Waals surface area contributed by atoms with Gasteiger partial charge < -0.3 is 46.7 Å². The third kappa shape index (κ3) is 7.82. The highest BCUT2D eigenvalue weighted by atomic mass is 16.4. The van der Waals surface area contributed by atoms with Crippen molar-refractivity contribution in [2.75, 3.05) is 0 Å². The first-order chi connectivity index (χ1) is 25.7. The van der Waals surface area contributed by atoms with Crippen molar-refractivity contribution in [1.82, 2.24) is 40.9 Å². The minimum Gasteiger partial charge on any atom is -0.480 e. The van der Waals surface area contributed by atoms with E-state index >= 15 is 0 Å². The summed E-state index contributed by atoms with van der Waals surface area (Å²) >= 11 is 0. The van der Waals surface area contributed by atoms with Gasteiger partial charge in [0.2, 0.25) is 17.7 Å². The highest BCUT2D eigenvalue weighted by molar-refractivity contribution is 5.96. The number of aliphatic carboxylic acids is 1. The number of aromatic nitrogens is 5. The molecule has 4 unspecified atom stereocenters. The molecule has 4 aromatic heterocycles. The lowest BCUT2D eigenvalue weighted by Gasteiger charge is -2.25. The molecule has 10 N–H and O–H groups in total. The molecule has 0 aliphatic carbocycles. The summed E-state index contributed by atoms with van der Waals surface area (Å²) in [6.07, 6.45) is 8.54. The second kappa shape index (κ2) is 15.3. The van der Waals surface area contributed by atoms with Gasteiger partial charge in [-0.2, -0.15) is 0 Å². The third-order valence-electron chi connectivity index (χ3n) is 9.51. The molecule has 0 saturated carbocycles. The van der Waals surface area contributed by atoms with Gasteiger partial charge in [0, 0.05) is 82.5 Å². The topological polar surface area (TPSA) is 227 Å². The second-order valence-electron chi connectivity index (χ2n) is 13.1. The largest absolute Gasteiger partial charge is 0.480 e. The van der Waals surface area contributed by atoms with Crippen LogP contribution in [0.1, 0.15) is 22.4 Å². The predicted molar refractivity (Wildman–Crippen MR) is 200 cm³/mol. The molecule has 4 heterocycles. The van der Waals surface area contributed by atoms with Crippen LogP contribution in [0.5, 0.6) is 0 Å². The van der Waals surface area contributed by atoms with Crippen LogP contribution in [0.2, 0.25) is 0 Å². The minimum absolute atomic E-state index is 0.0335. The van der Waals surface area contributed by atoms with Gasteiger partial charge in [-0.25, -0.2) is 9.78 Å². The van der Waals surface area contributed by atoms with E-state index in [-0.39, 0.29) is 25.7 Å². The molecular formula is C39H39N9O5. The highest BCUT2D eigenvalue weighted by Gasteiger charge is 2.32. The van der Waals surface area contributed by atoms with Crippen molar-refractivity contribution >= 4 is 56.4 Å². The zero-order chi connectivity index (χ0) is 36.9. The first kappa shape index (κ1) is 34.8. The molecule has 3 amide bonds. The summed E-state index contributed by atoms with van der Waals surface area (Å²) in [6, 6.07) is 18.2.